The van der Waals surface area contributed by atoms with Crippen molar-refractivity contribution in [3.05, 3.63) is 69.6 Å². The van der Waals surface area contributed by atoms with Crippen LogP contribution in [0.1, 0.15) is 40.6 Å². The number of carbonyl (C=O) groups excluding carboxylic acids is 2. The van der Waals surface area contributed by atoms with Gasteiger partial charge < -0.3 is 19.5 Å². The predicted octanol–water partition coefficient (Wildman–Crippen LogP) is 1.60. The van der Waals surface area contributed by atoms with E-state index >= 15 is 0 Å². The summed E-state index contributed by atoms with van der Waals surface area (Å²) in [6.45, 7) is 2.66. The van der Waals surface area contributed by atoms with Crippen LogP contribution in [0.15, 0.2) is 47.3 Å². The Labute approximate surface area is 161 Å². The van der Waals surface area contributed by atoms with Gasteiger partial charge in [0.25, 0.3) is 5.91 Å². The molecule has 3 fully saturated rings. The first-order chi connectivity index (χ1) is 13.5. The maximum absolute atomic E-state index is 13.1. The lowest BCUT2D eigenvalue weighted by molar-refractivity contribution is -0.138. The minimum atomic E-state index is -0.766. The summed E-state index contributed by atoms with van der Waals surface area (Å²) in [5.74, 6) is -0.254. The van der Waals surface area contributed by atoms with Crippen molar-refractivity contribution < 1.29 is 14.3 Å². The molecular weight excluding hydrogens is 358 g/mol. The molecule has 144 valence electrons. The number of likely N-dealkylation sites (tertiary alicyclic amines) is 1. The number of H-pyrrole nitrogens is 1. The molecule has 2 aromatic rings. The van der Waals surface area contributed by atoms with Crippen molar-refractivity contribution in [3.8, 4) is 0 Å². The van der Waals surface area contributed by atoms with Crippen molar-refractivity contribution in [1.82, 2.24) is 14.8 Å². The summed E-state index contributed by atoms with van der Waals surface area (Å²) in [4.78, 5) is 44.3. The van der Waals surface area contributed by atoms with Gasteiger partial charge in [-0.3, -0.25) is 14.4 Å². The van der Waals surface area contributed by atoms with Crippen LogP contribution in [0.4, 0.5) is 0 Å². The molecule has 0 aliphatic carbocycles. The zero-order valence-electron chi connectivity index (χ0n) is 15.6. The Morgan fingerprint density at radius 1 is 1.21 bits per heavy atom. The van der Waals surface area contributed by atoms with Gasteiger partial charge in [0.1, 0.15) is 5.69 Å². The lowest BCUT2D eigenvalue weighted by Crippen LogP contribution is -2.49. The van der Waals surface area contributed by atoms with Crippen LogP contribution in [-0.4, -0.2) is 51.5 Å². The Bertz CT molecular complexity index is 1020. The van der Waals surface area contributed by atoms with E-state index in [-0.39, 0.29) is 41.4 Å². The SMILES string of the molecule is Cc1cc(=O)cc(C(=O)N2CC[C@@]34OC[C@@H](c5ccccc5)N3C(=O)C[C@@H]24)[nH]1. The minimum Gasteiger partial charge on any atom is -0.354 e. The number of aromatic amines is 1. The third-order valence-corrected chi connectivity index (χ3v) is 6.11. The second-order valence-corrected chi connectivity index (χ2v) is 7.73. The number of pyridine rings is 1. The number of aromatic nitrogens is 1. The monoisotopic (exact) mass is 379 g/mol. The predicted molar refractivity (Wildman–Crippen MR) is 101 cm³/mol. The molecule has 0 saturated carbocycles. The summed E-state index contributed by atoms with van der Waals surface area (Å²) in [6.07, 6.45) is 0.819. The third kappa shape index (κ3) is 2.36. The molecule has 3 aliphatic rings. The smallest absolute Gasteiger partial charge is 0.270 e. The van der Waals surface area contributed by atoms with Crippen molar-refractivity contribution >= 4 is 11.8 Å². The van der Waals surface area contributed by atoms with E-state index in [1.807, 2.05) is 35.2 Å². The highest BCUT2D eigenvalue weighted by Crippen LogP contribution is 2.51. The Balaban J connectivity index is 1.47. The van der Waals surface area contributed by atoms with E-state index in [1.54, 1.807) is 11.8 Å². The molecule has 7 heteroatoms. The van der Waals surface area contributed by atoms with Crippen molar-refractivity contribution in [3.63, 3.8) is 0 Å². The van der Waals surface area contributed by atoms with E-state index in [2.05, 4.69) is 4.98 Å². The van der Waals surface area contributed by atoms with E-state index in [0.717, 1.165) is 5.56 Å². The van der Waals surface area contributed by atoms with Gasteiger partial charge in [0.15, 0.2) is 11.2 Å². The van der Waals surface area contributed by atoms with Crippen LogP contribution in [0.2, 0.25) is 0 Å². The van der Waals surface area contributed by atoms with E-state index in [4.69, 9.17) is 4.74 Å². The van der Waals surface area contributed by atoms with Crippen LogP contribution in [0, 0.1) is 6.92 Å². The summed E-state index contributed by atoms with van der Waals surface area (Å²) in [5.41, 5.74) is 0.956. The van der Waals surface area contributed by atoms with Crippen molar-refractivity contribution in [2.24, 2.45) is 0 Å². The van der Waals surface area contributed by atoms with Crippen molar-refractivity contribution in [2.75, 3.05) is 13.2 Å². The lowest BCUT2D eigenvalue weighted by atomic mass is 10.0. The normalized spacial score (nSPS) is 28.5. The molecule has 3 saturated heterocycles. The van der Waals surface area contributed by atoms with Gasteiger partial charge >= 0.3 is 0 Å². The number of amides is 2. The highest BCUT2D eigenvalue weighted by molar-refractivity contribution is 5.94. The molecule has 0 unspecified atom stereocenters. The molecule has 28 heavy (non-hydrogen) atoms. The van der Waals surface area contributed by atoms with Crippen LogP contribution in [0.3, 0.4) is 0 Å². The number of nitrogens with one attached hydrogen (secondary N) is 1. The first-order valence-corrected chi connectivity index (χ1v) is 9.52. The fourth-order valence-electron chi connectivity index (χ4n) is 4.96. The molecule has 1 aromatic heterocycles. The highest BCUT2D eigenvalue weighted by atomic mass is 16.5. The summed E-state index contributed by atoms with van der Waals surface area (Å²) in [5, 5.41) is 0. The molecule has 0 bridgehead atoms. The number of benzene rings is 1. The van der Waals surface area contributed by atoms with Gasteiger partial charge in [-0.1, -0.05) is 30.3 Å². The highest BCUT2D eigenvalue weighted by Gasteiger charge is 2.65. The van der Waals surface area contributed by atoms with Crippen LogP contribution in [0.25, 0.3) is 0 Å². The van der Waals surface area contributed by atoms with Gasteiger partial charge in [-0.2, -0.15) is 0 Å². The summed E-state index contributed by atoms with van der Waals surface area (Å²) in [7, 11) is 0. The largest absolute Gasteiger partial charge is 0.354 e. The zero-order valence-corrected chi connectivity index (χ0v) is 15.6. The molecule has 3 atom stereocenters. The molecule has 7 nitrogen and oxygen atoms in total. The van der Waals surface area contributed by atoms with Crippen LogP contribution < -0.4 is 5.43 Å². The molecule has 5 rings (SSSR count). The number of hydrogen-bond acceptors (Lipinski definition) is 4. The number of aryl methyl sites for hydroxylation is 1. The van der Waals surface area contributed by atoms with Gasteiger partial charge in [-0.25, -0.2) is 0 Å². The summed E-state index contributed by atoms with van der Waals surface area (Å²) < 4.78 is 6.23. The second kappa shape index (κ2) is 6.04. The topological polar surface area (TPSA) is 82.7 Å². The molecule has 1 spiro atoms. The fourth-order valence-corrected chi connectivity index (χ4v) is 4.96. The van der Waals surface area contributed by atoms with E-state index in [0.29, 0.717) is 25.3 Å². The molecule has 4 heterocycles. The number of hydrogen-bond donors (Lipinski definition) is 1. The Kier molecular flexibility index (Phi) is 3.71. The lowest BCUT2D eigenvalue weighted by Gasteiger charge is -2.33. The van der Waals surface area contributed by atoms with Gasteiger partial charge in [-0.15, -0.1) is 0 Å². The van der Waals surface area contributed by atoms with Crippen molar-refractivity contribution in [2.45, 2.75) is 37.6 Å². The van der Waals surface area contributed by atoms with Gasteiger partial charge in [0.2, 0.25) is 5.91 Å². The summed E-state index contributed by atoms with van der Waals surface area (Å²) in [6, 6.07) is 12.2. The van der Waals surface area contributed by atoms with Crippen LogP contribution in [0.5, 0.6) is 0 Å². The maximum Gasteiger partial charge on any atom is 0.270 e. The Hall–Kier alpha value is -2.93. The molecule has 1 aromatic carbocycles. The van der Waals surface area contributed by atoms with Crippen LogP contribution >= 0.6 is 0 Å². The average Bonchev–Trinajstić information content (AvgIpc) is 3.30. The molecule has 0 radical (unpaired) electrons. The summed E-state index contributed by atoms with van der Waals surface area (Å²) >= 11 is 0. The standard InChI is InChI=1S/C21H21N3O4/c1-13-9-15(25)10-16(22-13)20(27)23-8-7-21-18(23)11-19(26)24(21)17(12-28-21)14-5-3-2-4-6-14/h2-6,9-10,17-18H,7-8,11-12H2,1H3,(H,22,25)/t17-,18+,21-/m0/s1. The third-order valence-electron chi connectivity index (χ3n) is 6.11. The van der Waals surface area contributed by atoms with Gasteiger partial charge in [0, 0.05) is 30.8 Å². The van der Waals surface area contributed by atoms with Crippen molar-refractivity contribution in [1.29, 1.82) is 0 Å². The molecule has 1 N–H and O–H groups in total. The number of ether oxygens (including phenoxy) is 1. The quantitative estimate of drug-likeness (QED) is 0.859. The maximum atomic E-state index is 13.1. The van der Waals surface area contributed by atoms with Gasteiger partial charge in [0.05, 0.1) is 25.1 Å². The molecule has 2 amide bonds. The van der Waals surface area contributed by atoms with Crippen LogP contribution in [-0.2, 0) is 9.53 Å². The van der Waals surface area contributed by atoms with E-state index in [9.17, 15) is 14.4 Å². The Morgan fingerprint density at radius 3 is 2.75 bits per heavy atom. The minimum absolute atomic E-state index is 0.00610. The number of rotatable bonds is 2. The number of nitrogens with zero attached hydrogens (tertiary/aromatic N) is 2. The second-order valence-electron chi connectivity index (χ2n) is 7.73. The average molecular weight is 379 g/mol. The van der Waals surface area contributed by atoms with Gasteiger partial charge in [-0.05, 0) is 12.5 Å². The first kappa shape index (κ1) is 17.2. The Morgan fingerprint density at radius 2 is 2.00 bits per heavy atom. The molecular formula is C21H21N3O4. The molecule has 3 aliphatic heterocycles. The van der Waals surface area contributed by atoms with E-state index < -0.39 is 5.72 Å². The zero-order chi connectivity index (χ0) is 19.5. The fraction of sp³-hybridized carbons (Fsp3) is 0.381. The first-order valence-electron chi connectivity index (χ1n) is 9.52. The van der Waals surface area contributed by atoms with E-state index in [1.165, 1.54) is 12.1 Å². The number of carbonyl (C=O) groups is 2.